The maximum atomic E-state index is 12.8. The molecule has 130 valence electrons. The number of urea groups is 1. The zero-order valence-electron chi connectivity index (χ0n) is 13.7. The number of hydrogen-bond donors (Lipinski definition) is 1. The summed E-state index contributed by atoms with van der Waals surface area (Å²) >= 11 is 1.57. The van der Waals surface area contributed by atoms with Crippen LogP contribution in [-0.4, -0.2) is 11.0 Å². The molecule has 1 aliphatic rings. The van der Waals surface area contributed by atoms with Crippen LogP contribution in [0.2, 0.25) is 0 Å². The van der Waals surface area contributed by atoms with E-state index in [0.717, 1.165) is 16.0 Å². The van der Waals surface area contributed by atoms with Crippen molar-refractivity contribution in [1.29, 1.82) is 0 Å². The third-order valence-electron chi connectivity index (χ3n) is 4.36. The summed E-state index contributed by atoms with van der Waals surface area (Å²) in [5.74, 6) is 0. The number of benzene rings is 2. The average Bonchev–Trinajstić information content (AvgIpc) is 3.17. The first-order valence-electron chi connectivity index (χ1n) is 8.07. The maximum absolute atomic E-state index is 12.8. The Kier molecular flexibility index (Phi) is 4.14. The Hall–Kier alpha value is -3.19. The quantitative estimate of drug-likeness (QED) is 0.547. The lowest BCUT2D eigenvalue weighted by Gasteiger charge is -2.35. The monoisotopic (exact) mass is 365 g/mol. The van der Waals surface area contributed by atoms with Crippen LogP contribution in [0.15, 0.2) is 66.0 Å². The fraction of sp³-hybridized carbons (Fsp3) is 0.105. The van der Waals surface area contributed by atoms with E-state index in [1.807, 2.05) is 47.8 Å². The normalized spacial score (nSPS) is 16.1. The molecule has 0 bridgehead atoms. The molecular weight excluding hydrogens is 350 g/mol. The summed E-state index contributed by atoms with van der Waals surface area (Å²) in [5.41, 5.74) is 2.32. The zero-order valence-corrected chi connectivity index (χ0v) is 14.5. The van der Waals surface area contributed by atoms with Gasteiger partial charge in [0.05, 0.1) is 23.2 Å². The summed E-state index contributed by atoms with van der Waals surface area (Å²) < 4.78 is 0. The molecule has 6 nitrogen and oxygen atoms in total. The highest BCUT2D eigenvalue weighted by molar-refractivity contribution is 7.09. The zero-order chi connectivity index (χ0) is 18.1. The minimum atomic E-state index is -0.418. The second kappa shape index (κ2) is 6.61. The van der Waals surface area contributed by atoms with E-state index in [1.54, 1.807) is 28.4 Å². The Morgan fingerprint density at radius 1 is 1.12 bits per heavy atom. The third-order valence-corrected chi connectivity index (χ3v) is 5.22. The lowest BCUT2D eigenvalue weighted by Crippen LogP contribution is -2.46. The van der Waals surface area contributed by atoms with Crippen LogP contribution < -0.4 is 10.2 Å². The van der Waals surface area contributed by atoms with Crippen LogP contribution in [-0.2, 0) is 6.54 Å². The Morgan fingerprint density at radius 2 is 1.92 bits per heavy atom. The topological polar surface area (TPSA) is 75.5 Å². The molecule has 2 heterocycles. The first kappa shape index (κ1) is 16.3. The molecule has 0 saturated carbocycles. The van der Waals surface area contributed by atoms with Crippen molar-refractivity contribution in [3.8, 4) is 0 Å². The first-order valence-corrected chi connectivity index (χ1v) is 8.95. The lowest BCUT2D eigenvalue weighted by atomic mass is 9.94. The molecule has 1 N–H and O–H groups in total. The van der Waals surface area contributed by atoms with E-state index in [4.69, 9.17) is 0 Å². The molecule has 3 aromatic rings. The number of carbonyl (C=O) groups is 1. The molecule has 0 saturated heterocycles. The highest BCUT2D eigenvalue weighted by Crippen LogP contribution is 2.38. The lowest BCUT2D eigenvalue weighted by molar-refractivity contribution is -0.384. The van der Waals surface area contributed by atoms with Gasteiger partial charge in [0, 0.05) is 22.6 Å². The maximum Gasteiger partial charge on any atom is 0.322 e. The number of amides is 2. The number of non-ortho nitro benzene ring substituents is 1. The SMILES string of the molecule is O=C1NC(c2ccccc2)c2cc([N+](=O)[O-])ccc2N1Cc1cccs1. The molecule has 0 aliphatic carbocycles. The summed E-state index contributed by atoms with van der Waals surface area (Å²) in [6.45, 7) is 0.426. The molecule has 4 rings (SSSR count). The fourth-order valence-electron chi connectivity index (χ4n) is 3.14. The summed E-state index contributed by atoms with van der Waals surface area (Å²) in [4.78, 5) is 26.3. The van der Waals surface area contributed by atoms with E-state index in [-0.39, 0.29) is 11.7 Å². The predicted octanol–water partition coefficient (Wildman–Crippen LogP) is 4.48. The Balaban J connectivity index is 1.82. The molecule has 1 unspecified atom stereocenters. The number of carbonyl (C=O) groups excluding carboxylic acids is 1. The Bertz CT molecular complexity index is 957. The van der Waals surface area contributed by atoms with E-state index >= 15 is 0 Å². The Labute approximate surface area is 153 Å². The molecule has 0 spiro atoms. The van der Waals surface area contributed by atoms with Crippen molar-refractivity contribution in [2.75, 3.05) is 4.90 Å². The fourth-order valence-corrected chi connectivity index (χ4v) is 3.84. The average molecular weight is 365 g/mol. The highest BCUT2D eigenvalue weighted by atomic mass is 32.1. The molecular formula is C19H15N3O3S. The van der Waals surface area contributed by atoms with Crippen LogP contribution in [0.5, 0.6) is 0 Å². The van der Waals surface area contributed by atoms with Gasteiger partial charge in [-0.25, -0.2) is 4.79 Å². The standard InChI is InChI=1S/C19H15N3O3S/c23-19-20-18(13-5-2-1-3-6-13)16-11-14(22(24)25)8-9-17(16)21(19)12-15-7-4-10-26-15/h1-11,18H,12H2,(H,20,23). The minimum absolute atomic E-state index is 0.0110. The van der Waals surface area contributed by atoms with Gasteiger partial charge in [0.1, 0.15) is 0 Å². The van der Waals surface area contributed by atoms with E-state index in [1.165, 1.54) is 6.07 Å². The van der Waals surface area contributed by atoms with E-state index in [2.05, 4.69) is 5.32 Å². The predicted molar refractivity (Wildman–Crippen MR) is 100 cm³/mol. The van der Waals surface area contributed by atoms with Crippen molar-refractivity contribution in [1.82, 2.24) is 5.32 Å². The van der Waals surface area contributed by atoms with Gasteiger partial charge in [-0.3, -0.25) is 15.0 Å². The van der Waals surface area contributed by atoms with Gasteiger partial charge in [-0.1, -0.05) is 36.4 Å². The summed E-state index contributed by atoms with van der Waals surface area (Å²) in [7, 11) is 0. The number of thiophene rings is 1. The highest BCUT2D eigenvalue weighted by Gasteiger charge is 2.33. The molecule has 1 atom stereocenters. The molecule has 1 aromatic heterocycles. The van der Waals surface area contributed by atoms with Gasteiger partial charge >= 0.3 is 6.03 Å². The number of nitrogens with one attached hydrogen (secondary N) is 1. The molecule has 7 heteroatoms. The first-order chi connectivity index (χ1) is 12.6. The van der Waals surface area contributed by atoms with Gasteiger partial charge in [-0.15, -0.1) is 11.3 Å². The number of nitro groups is 1. The Morgan fingerprint density at radius 3 is 2.62 bits per heavy atom. The van der Waals surface area contributed by atoms with E-state index in [0.29, 0.717) is 12.2 Å². The van der Waals surface area contributed by atoms with Gasteiger partial charge in [-0.05, 0) is 23.1 Å². The van der Waals surface area contributed by atoms with Crippen molar-refractivity contribution >= 4 is 28.7 Å². The molecule has 2 aromatic carbocycles. The second-order valence-electron chi connectivity index (χ2n) is 5.96. The van der Waals surface area contributed by atoms with Crippen LogP contribution in [0, 0.1) is 10.1 Å². The van der Waals surface area contributed by atoms with Crippen LogP contribution in [0.1, 0.15) is 22.0 Å². The van der Waals surface area contributed by atoms with Gasteiger partial charge in [0.25, 0.3) is 5.69 Å². The summed E-state index contributed by atoms with van der Waals surface area (Å²) in [6.07, 6.45) is 0. The molecule has 2 amide bonds. The van der Waals surface area contributed by atoms with Crippen molar-refractivity contribution < 1.29 is 9.72 Å². The largest absolute Gasteiger partial charge is 0.327 e. The number of fused-ring (bicyclic) bond motifs is 1. The van der Waals surface area contributed by atoms with Crippen molar-refractivity contribution in [3.63, 3.8) is 0 Å². The molecule has 0 fully saturated rings. The number of nitro benzene ring substituents is 1. The van der Waals surface area contributed by atoms with E-state index < -0.39 is 11.0 Å². The van der Waals surface area contributed by atoms with Gasteiger partial charge in [-0.2, -0.15) is 0 Å². The van der Waals surface area contributed by atoms with Gasteiger partial charge in [0.15, 0.2) is 0 Å². The van der Waals surface area contributed by atoms with Crippen molar-refractivity contribution in [2.45, 2.75) is 12.6 Å². The minimum Gasteiger partial charge on any atom is -0.327 e. The molecule has 1 aliphatic heterocycles. The van der Waals surface area contributed by atoms with Crippen molar-refractivity contribution in [3.05, 3.63) is 92.2 Å². The molecule has 26 heavy (non-hydrogen) atoms. The van der Waals surface area contributed by atoms with Crippen LogP contribution in [0.3, 0.4) is 0 Å². The van der Waals surface area contributed by atoms with Gasteiger partial charge in [0.2, 0.25) is 0 Å². The van der Waals surface area contributed by atoms with Crippen LogP contribution >= 0.6 is 11.3 Å². The smallest absolute Gasteiger partial charge is 0.322 e. The number of nitrogens with zero attached hydrogens (tertiary/aromatic N) is 2. The van der Waals surface area contributed by atoms with Crippen LogP contribution in [0.25, 0.3) is 0 Å². The number of rotatable bonds is 4. The van der Waals surface area contributed by atoms with Crippen LogP contribution in [0.4, 0.5) is 16.2 Å². The molecule has 0 radical (unpaired) electrons. The second-order valence-corrected chi connectivity index (χ2v) is 6.99. The van der Waals surface area contributed by atoms with Gasteiger partial charge < -0.3 is 5.32 Å². The summed E-state index contributed by atoms with van der Waals surface area (Å²) in [6, 6.07) is 17.4. The number of hydrogen-bond acceptors (Lipinski definition) is 4. The summed E-state index contributed by atoms with van der Waals surface area (Å²) in [5, 5.41) is 16.2. The van der Waals surface area contributed by atoms with E-state index in [9.17, 15) is 14.9 Å². The van der Waals surface area contributed by atoms with Crippen molar-refractivity contribution in [2.24, 2.45) is 0 Å². The third kappa shape index (κ3) is 2.93. The number of anilines is 1.